The Balaban J connectivity index is 1.84. The maximum atomic E-state index is 11.9. The number of methoxy groups -OCH3 is 1. The van der Waals surface area contributed by atoms with E-state index in [-0.39, 0.29) is 11.8 Å². The zero-order chi connectivity index (χ0) is 16.7. The van der Waals surface area contributed by atoms with E-state index in [1.165, 1.54) is 7.11 Å². The molecule has 0 saturated carbocycles. The lowest BCUT2D eigenvalue weighted by Crippen LogP contribution is -2.49. The van der Waals surface area contributed by atoms with Gasteiger partial charge >= 0.3 is 12.1 Å². The second-order valence-electron chi connectivity index (χ2n) is 5.34. The first-order valence-electron chi connectivity index (χ1n) is 7.86. The molecule has 0 N–H and O–H groups in total. The average Bonchev–Trinajstić information content (AvgIpc) is 2.61. The van der Waals surface area contributed by atoms with E-state index in [1.54, 1.807) is 17.2 Å². The van der Waals surface area contributed by atoms with Crippen LogP contribution in [0.25, 0.3) is 0 Å². The number of amides is 1. The highest BCUT2D eigenvalue weighted by Crippen LogP contribution is 2.16. The van der Waals surface area contributed by atoms with Crippen molar-refractivity contribution in [3.8, 4) is 0 Å². The fourth-order valence-corrected chi connectivity index (χ4v) is 2.34. The van der Waals surface area contributed by atoms with Crippen molar-refractivity contribution in [1.29, 1.82) is 0 Å². The second-order valence-corrected chi connectivity index (χ2v) is 5.34. The van der Waals surface area contributed by atoms with Gasteiger partial charge < -0.3 is 19.3 Å². The number of aromatic nitrogens is 1. The number of carbonyl (C=O) groups is 2. The average molecular weight is 321 g/mol. The predicted molar refractivity (Wildman–Crippen MR) is 85.6 cm³/mol. The van der Waals surface area contributed by atoms with Crippen LogP contribution in [0.2, 0.25) is 0 Å². The lowest BCUT2D eigenvalue weighted by Gasteiger charge is -2.35. The molecule has 1 amide bonds. The summed E-state index contributed by atoms with van der Waals surface area (Å²) in [5.41, 5.74) is 1.21. The number of ether oxygens (including phenoxy) is 2. The minimum absolute atomic E-state index is 0.239. The summed E-state index contributed by atoms with van der Waals surface area (Å²) in [5.74, 6) is -0.448. The third-order valence-electron chi connectivity index (χ3n) is 3.77. The molecule has 7 nitrogen and oxygen atoms in total. The Morgan fingerprint density at radius 1 is 1.22 bits per heavy atom. The first-order valence-corrected chi connectivity index (χ1v) is 7.86. The Morgan fingerprint density at radius 2 is 1.96 bits per heavy atom. The Kier molecular flexibility index (Phi) is 6.19. The minimum Gasteiger partial charge on any atom is -0.464 e. The van der Waals surface area contributed by atoms with Crippen LogP contribution < -0.4 is 4.90 Å². The van der Waals surface area contributed by atoms with E-state index in [0.29, 0.717) is 32.8 Å². The first-order chi connectivity index (χ1) is 11.2. The van der Waals surface area contributed by atoms with Gasteiger partial charge in [0.1, 0.15) is 5.69 Å². The molecule has 23 heavy (non-hydrogen) atoms. The number of anilines is 1. The molecule has 1 saturated heterocycles. The third kappa shape index (κ3) is 4.58. The molecule has 0 atom stereocenters. The van der Waals surface area contributed by atoms with E-state index in [4.69, 9.17) is 4.74 Å². The van der Waals surface area contributed by atoms with Crippen molar-refractivity contribution >= 4 is 17.7 Å². The van der Waals surface area contributed by atoms with Crippen LogP contribution >= 0.6 is 0 Å². The van der Waals surface area contributed by atoms with Gasteiger partial charge in [-0.2, -0.15) is 0 Å². The molecular formula is C16H23N3O4. The van der Waals surface area contributed by atoms with Gasteiger partial charge in [0.25, 0.3) is 0 Å². The minimum atomic E-state index is -0.448. The van der Waals surface area contributed by atoms with Crippen molar-refractivity contribution < 1.29 is 19.1 Å². The zero-order valence-electron chi connectivity index (χ0n) is 13.7. The van der Waals surface area contributed by atoms with E-state index in [1.807, 2.05) is 6.07 Å². The molecule has 0 aliphatic carbocycles. The van der Waals surface area contributed by atoms with Crippen LogP contribution in [0.5, 0.6) is 0 Å². The molecule has 1 aliphatic rings. The molecule has 1 fully saturated rings. The van der Waals surface area contributed by atoms with Crippen molar-refractivity contribution in [3.05, 3.63) is 24.0 Å². The maximum Gasteiger partial charge on any atom is 0.409 e. The Morgan fingerprint density at radius 3 is 2.52 bits per heavy atom. The molecule has 2 rings (SSSR count). The molecular weight excluding hydrogens is 298 g/mol. The first kappa shape index (κ1) is 17.1. The van der Waals surface area contributed by atoms with Gasteiger partial charge in [0, 0.05) is 26.2 Å². The summed E-state index contributed by atoms with van der Waals surface area (Å²) in [5, 5.41) is 0. The van der Waals surface area contributed by atoms with Crippen LogP contribution in [0.4, 0.5) is 10.5 Å². The smallest absolute Gasteiger partial charge is 0.409 e. The van der Waals surface area contributed by atoms with Crippen molar-refractivity contribution in [2.45, 2.75) is 19.8 Å². The SMILES string of the molecule is CCCCOC(=O)N1CCN(c2ccc(C(=O)OC)nc2)CC1. The highest BCUT2D eigenvalue weighted by Gasteiger charge is 2.22. The molecule has 1 aromatic heterocycles. The monoisotopic (exact) mass is 321 g/mol. The number of nitrogens with zero attached hydrogens (tertiary/aromatic N) is 3. The largest absolute Gasteiger partial charge is 0.464 e. The van der Waals surface area contributed by atoms with Crippen LogP contribution in [0, 0.1) is 0 Å². The number of piperazine rings is 1. The highest BCUT2D eigenvalue weighted by molar-refractivity contribution is 5.87. The molecule has 0 aromatic carbocycles. The van der Waals surface area contributed by atoms with Crippen LogP contribution in [-0.4, -0.2) is 61.8 Å². The van der Waals surface area contributed by atoms with Crippen molar-refractivity contribution in [1.82, 2.24) is 9.88 Å². The fourth-order valence-electron chi connectivity index (χ4n) is 2.34. The molecule has 2 heterocycles. The van der Waals surface area contributed by atoms with Gasteiger partial charge in [-0.15, -0.1) is 0 Å². The second kappa shape index (κ2) is 8.36. The Labute approximate surface area is 136 Å². The van der Waals surface area contributed by atoms with Gasteiger partial charge in [0.15, 0.2) is 0 Å². The molecule has 1 aliphatic heterocycles. The van der Waals surface area contributed by atoms with E-state index in [9.17, 15) is 9.59 Å². The van der Waals surface area contributed by atoms with Crippen LogP contribution in [0.1, 0.15) is 30.3 Å². The summed E-state index contributed by atoms with van der Waals surface area (Å²) in [6, 6.07) is 3.49. The van der Waals surface area contributed by atoms with Crippen LogP contribution in [0.3, 0.4) is 0 Å². The number of hydrogen-bond acceptors (Lipinski definition) is 6. The fraction of sp³-hybridized carbons (Fsp3) is 0.562. The van der Waals surface area contributed by atoms with E-state index in [0.717, 1.165) is 18.5 Å². The van der Waals surface area contributed by atoms with Gasteiger partial charge in [0.05, 0.1) is 25.6 Å². The summed E-state index contributed by atoms with van der Waals surface area (Å²) in [7, 11) is 1.33. The lowest BCUT2D eigenvalue weighted by atomic mass is 10.2. The lowest BCUT2D eigenvalue weighted by molar-refractivity contribution is 0.0594. The molecule has 0 unspecified atom stereocenters. The number of pyridine rings is 1. The number of unbranched alkanes of at least 4 members (excludes halogenated alkanes) is 1. The topological polar surface area (TPSA) is 72.0 Å². The zero-order valence-corrected chi connectivity index (χ0v) is 13.7. The molecule has 126 valence electrons. The molecule has 1 aromatic rings. The summed E-state index contributed by atoms with van der Waals surface area (Å²) >= 11 is 0. The van der Waals surface area contributed by atoms with E-state index in [2.05, 4.69) is 21.5 Å². The van der Waals surface area contributed by atoms with Crippen molar-refractivity contribution in [2.75, 3.05) is 44.8 Å². The van der Waals surface area contributed by atoms with E-state index < -0.39 is 5.97 Å². The summed E-state index contributed by atoms with van der Waals surface area (Å²) < 4.78 is 9.85. The van der Waals surface area contributed by atoms with Crippen LogP contribution in [0.15, 0.2) is 18.3 Å². The summed E-state index contributed by atoms with van der Waals surface area (Å²) in [6.45, 7) is 5.19. The number of rotatable bonds is 5. The Hall–Kier alpha value is -2.31. The molecule has 0 spiro atoms. The highest BCUT2D eigenvalue weighted by atomic mass is 16.6. The van der Waals surface area contributed by atoms with Crippen LogP contribution in [-0.2, 0) is 9.47 Å². The van der Waals surface area contributed by atoms with Gasteiger partial charge in [-0.05, 0) is 18.6 Å². The maximum absolute atomic E-state index is 11.9. The Bertz CT molecular complexity index is 525. The predicted octanol–water partition coefficient (Wildman–Crippen LogP) is 1.93. The number of esters is 1. The quantitative estimate of drug-likeness (QED) is 0.609. The van der Waals surface area contributed by atoms with Gasteiger partial charge in [-0.1, -0.05) is 13.3 Å². The van der Waals surface area contributed by atoms with Gasteiger partial charge in [0.2, 0.25) is 0 Å². The van der Waals surface area contributed by atoms with E-state index >= 15 is 0 Å². The normalized spacial score (nSPS) is 14.5. The molecule has 0 bridgehead atoms. The summed E-state index contributed by atoms with van der Waals surface area (Å²) in [6.07, 6.45) is 3.32. The standard InChI is InChI=1S/C16H23N3O4/c1-3-4-11-23-16(21)19-9-7-18(8-10-19)13-5-6-14(17-12-13)15(20)22-2/h5-6,12H,3-4,7-11H2,1-2H3. The van der Waals surface area contributed by atoms with Crippen molar-refractivity contribution in [2.24, 2.45) is 0 Å². The number of hydrogen-bond donors (Lipinski definition) is 0. The number of carbonyl (C=O) groups excluding carboxylic acids is 2. The molecule has 7 heteroatoms. The van der Waals surface area contributed by atoms with Crippen molar-refractivity contribution in [3.63, 3.8) is 0 Å². The summed E-state index contributed by atoms with van der Waals surface area (Å²) in [4.78, 5) is 31.2. The third-order valence-corrected chi connectivity index (χ3v) is 3.77. The van der Waals surface area contributed by atoms with Gasteiger partial charge in [-0.25, -0.2) is 14.6 Å². The molecule has 0 radical (unpaired) electrons. The van der Waals surface area contributed by atoms with Gasteiger partial charge in [-0.3, -0.25) is 0 Å².